The number of benzene rings is 10. The van der Waals surface area contributed by atoms with E-state index >= 15 is 0 Å². The quantitative estimate of drug-likeness (QED) is 0.0566. The van der Waals surface area contributed by atoms with E-state index in [0.717, 1.165) is 190 Å². The predicted octanol–water partition coefficient (Wildman–Crippen LogP) is 28.0. The number of H-pyrrole nitrogens is 2. The van der Waals surface area contributed by atoms with Crippen LogP contribution < -0.4 is 38.2 Å². The third-order valence-electron chi connectivity index (χ3n) is 23.5. The third kappa shape index (κ3) is 15.2. The van der Waals surface area contributed by atoms with Crippen LogP contribution in [0, 0.1) is 41.5 Å². The van der Waals surface area contributed by atoms with Gasteiger partial charge in [0, 0.05) is 56.4 Å². The highest BCUT2D eigenvalue weighted by atomic mass is 16.5. The monoisotopic (exact) mass is 1560 g/mol. The number of hydrogen-bond donors (Lipinski definition) is 2. The van der Waals surface area contributed by atoms with E-state index in [4.69, 9.17) is 38.4 Å². The standard InChI is InChI=1S/C106H104N6O6/c1-19-85-67(9)97-95(77-59-89(113-13)105(117-17)90(60-77)114-14)98-69(11)87(21-3)103(109-98)94(76-45-37-72(38-46-76)32-34-74-41-57-84(58-42-74)112(81-51-27-65(7)28-52-81)82-53-29-66(8)30-54-82)104-88(22-4)70(12)100(110-104)96(78-61-91(115-15)106(118-18)92(62-78)116-16)99-68(10)86(20-2)102(108-99)93(101(85)107-97)75-43-35-71(36-44-75)31-33-73-39-55-83(56-40-73)111(79-47-23-63(5)24-48-79)80-49-25-64(6)26-50-80/h23-62,107,110H,19-22H2,1-18H3/b33-31+,34-32+,97-95?,98-95?,99-96?,100-96?,101-93?,102-93?,103-94?,104-94?. The van der Waals surface area contributed by atoms with Crippen molar-refractivity contribution in [3.8, 4) is 79.0 Å². The Bertz CT molecular complexity index is 5740. The van der Waals surface area contributed by atoms with E-state index in [2.05, 4.69) is 346 Å². The maximum atomic E-state index is 6.26. The van der Waals surface area contributed by atoms with E-state index < -0.39 is 0 Å². The van der Waals surface area contributed by atoms with Crippen molar-refractivity contribution in [1.82, 2.24) is 19.9 Å². The molecule has 0 aliphatic carbocycles. The molecule has 5 heterocycles. The minimum Gasteiger partial charge on any atom is -0.493 e. The van der Waals surface area contributed by atoms with E-state index in [1.165, 1.54) is 22.3 Å². The van der Waals surface area contributed by atoms with Crippen molar-refractivity contribution < 1.29 is 28.4 Å². The zero-order valence-electron chi connectivity index (χ0n) is 71.2. The molecule has 118 heavy (non-hydrogen) atoms. The average molecular weight is 1560 g/mol. The molecule has 12 heteroatoms. The normalized spacial score (nSPS) is 12.2. The molecule has 0 fully saturated rings. The van der Waals surface area contributed by atoms with Crippen molar-refractivity contribution in [2.24, 2.45) is 0 Å². The van der Waals surface area contributed by atoms with Gasteiger partial charge < -0.3 is 48.2 Å². The first-order valence-corrected chi connectivity index (χ1v) is 40.9. The van der Waals surface area contributed by atoms with Gasteiger partial charge in [-0.3, -0.25) is 0 Å². The summed E-state index contributed by atoms with van der Waals surface area (Å²) in [5.74, 6) is 3.09. The first kappa shape index (κ1) is 79.9. The topological polar surface area (TPSA) is 119 Å². The lowest BCUT2D eigenvalue weighted by atomic mass is 9.91. The fourth-order valence-electron chi connectivity index (χ4n) is 17.1. The van der Waals surface area contributed by atoms with Crippen LogP contribution in [0.25, 0.3) is 113 Å². The van der Waals surface area contributed by atoms with Gasteiger partial charge in [0.05, 0.1) is 87.5 Å². The van der Waals surface area contributed by atoms with Gasteiger partial charge in [-0.25, -0.2) is 9.97 Å². The fourth-order valence-corrected chi connectivity index (χ4v) is 17.1. The van der Waals surface area contributed by atoms with Crippen LogP contribution in [0.4, 0.5) is 34.1 Å². The van der Waals surface area contributed by atoms with Crippen LogP contribution in [-0.4, -0.2) is 62.6 Å². The SMILES string of the molecule is CCC1=C(C)c2nc1c(-c1ccc(/C=C/c3ccc(N(c4ccc(C)cc4)c4ccc(C)cc4)cc3)cc1)c1[nH]c(c(C)c1CC)c(-c1cc(OC)c(OC)c(OC)c1)c1nc(c(-c3ccc(/C=C/c4ccc(N(c5ccc(C)cc5)c5ccc(C)cc5)cc4)cc3)c3[nH]c(c(C)c3CC)c2-c2cc(OC)c(OC)c(OC)c2)C(CC)=C1C. The Labute approximate surface area is 695 Å². The number of ether oxygens (including phenoxy) is 6. The summed E-state index contributed by atoms with van der Waals surface area (Å²) in [6.07, 6.45) is 11.5. The maximum Gasteiger partial charge on any atom is 0.203 e. The molecule has 8 bridgehead atoms. The molecule has 0 saturated carbocycles. The molecule has 10 aromatic carbocycles. The summed E-state index contributed by atoms with van der Waals surface area (Å²) in [6, 6.07) is 78.6. The van der Waals surface area contributed by atoms with Gasteiger partial charge in [0.25, 0.3) is 0 Å². The molecule has 12 nitrogen and oxygen atoms in total. The second kappa shape index (κ2) is 34.2. The molecule has 0 amide bonds. The Balaban J connectivity index is 0.969. The number of nitrogens with one attached hydrogen (secondary N) is 2. The molecule has 2 aliphatic rings. The lowest BCUT2D eigenvalue weighted by Crippen LogP contribution is -2.09. The van der Waals surface area contributed by atoms with Gasteiger partial charge in [0.2, 0.25) is 11.5 Å². The average Bonchev–Trinajstić information content (AvgIpc) is 1.57. The summed E-state index contributed by atoms with van der Waals surface area (Å²) < 4.78 is 37.2. The molecule has 0 saturated heterocycles. The van der Waals surface area contributed by atoms with E-state index in [0.29, 0.717) is 60.2 Å². The molecule has 594 valence electrons. The number of hydrogen-bond acceptors (Lipinski definition) is 10. The van der Waals surface area contributed by atoms with Crippen molar-refractivity contribution in [3.05, 3.63) is 308 Å². The van der Waals surface area contributed by atoms with Crippen LogP contribution in [0.2, 0.25) is 0 Å². The summed E-state index contributed by atoms with van der Waals surface area (Å²) in [5.41, 5.74) is 39.0. The van der Waals surface area contributed by atoms with E-state index in [9.17, 15) is 0 Å². The minimum atomic E-state index is 0.493. The molecule has 3 aromatic heterocycles. The number of allylic oxidation sites excluding steroid dienone is 4. The number of aromatic amines is 2. The van der Waals surface area contributed by atoms with Crippen molar-refractivity contribution in [2.45, 2.75) is 109 Å². The Hall–Kier alpha value is -13.3. The summed E-state index contributed by atoms with van der Waals surface area (Å²) in [6.45, 7) is 26.5. The zero-order chi connectivity index (χ0) is 82.7. The lowest BCUT2D eigenvalue weighted by molar-refractivity contribution is 0.324. The van der Waals surface area contributed by atoms with Gasteiger partial charge in [-0.15, -0.1) is 0 Å². The van der Waals surface area contributed by atoms with E-state index in [1.807, 2.05) is 0 Å². The Morgan fingerprint density at radius 3 is 0.763 bits per heavy atom. The number of rotatable bonds is 24. The number of aromatic nitrogens is 4. The molecule has 2 N–H and O–H groups in total. The first-order chi connectivity index (χ1) is 57.3. The number of methoxy groups -OCH3 is 6. The highest BCUT2D eigenvalue weighted by Crippen LogP contribution is 2.53. The largest absolute Gasteiger partial charge is 0.493 e. The van der Waals surface area contributed by atoms with Gasteiger partial charge >= 0.3 is 0 Å². The molecule has 0 unspecified atom stereocenters. The molecular weight excluding hydrogens is 1450 g/mol. The Morgan fingerprint density at radius 2 is 0.525 bits per heavy atom. The highest BCUT2D eigenvalue weighted by Gasteiger charge is 2.32. The number of anilines is 6. The van der Waals surface area contributed by atoms with Crippen molar-refractivity contribution in [2.75, 3.05) is 52.5 Å². The van der Waals surface area contributed by atoms with E-state index in [1.54, 1.807) is 42.7 Å². The van der Waals surface area contributed by atoms with Crippen LogP contribution in [0.5, 0.6) is 34.5 Å². The van der Waals surface area contributed by atoms with Crippen LogP contribution in [0.1, 0.15) is 144 Å². The molecule has 15 rings (SSSR count). The predicted molar refractivity (Wildman–Crippen MR) is 495 cm³/mol. The number of nitrogens with zero attached hydrogens (tertiary/aromatic N) is 4. The van der Waals surface area contributed by atoms with Crippen LogP contribution in [-0.2, 0) is 12.8 Å². The molecule has 0 atom stereocenters. The Kier molecular flexibility index (Phi) is 23.2. The van der Waals surface area contributed by atoms with Gasteiger partial charge in [-0.05, 0) is 267 Å². The molecule has 2 aliphatic heterocycles. The van der Waals surface area contributed by atoms with Gasteiger partial charge in [-0.1, -0.05) is 196 Å². The molecule has 13 aromatic rings. The van der Waals surface area contributed by atoms with Crippen LogP contribution >= 0.6 is 0 Å². The lowest BCUT2D eigenvalue weighted by Gasteiger charge is -2.25. The van der Waals surface area contributed by atoms with Gasteiger partial charge in [-0.2, -0.15) is 0 Å². The smallest absolute Gasteiger partial charge is 0.203 e. The van der Waals surface area contributed by atoms with Crippen molar-refractivity contribution in [1.29, 1.82) is 0 Å². The first-order valence-electron chi connectivity index (χ1n) is 40.9. The third-order valence-corrected chi connectivity index (χ3v) is 23.5. The van der Waals surface area contributed by atoms with Gasteiger partial charge in [0.1, 0.15) is 0 Å². The van der Waals surface area contributed by atoms with Gasteiger partial charge in [0.15, 0.2) is 23.0 Å². The van der Waals surface area contributed by atoms with Crippen molar-refractivity contribution in [3.63, 3.8) is 0 Å². The second-order valence-corrected chi connectivity index (χ2v) is 30.6. The van der Waals surface area contributed by atoms with Crippen molar-refractivity contribution >= 4 is 103 Å². The summed E-state index contributed by atoms with van der Waals surface area (Å²) in [4.78, 5) is 25.5. The second-order valence-electron chi connectivity index (χ2n) is 30.6. The summed E-state index contributed by atoms with van der Waals surface area (Å²) in [7, 11) is 10.00. The maximum absolute atomic E-state index is 6.26. The van der Waals surface area contributed by atoms with Crippen LogP contribution in [0.15, 0.2) is 218 Å². The number of fused-ring (bicyclic) bond motifs is 8. The number of aryl methyl sites for hydroxylation is 8. The fraction of sp³-hybridized carbons (Fsp3) is 0.208. The molecule has 0 spiro atoms. The molecular formula is C106H104N6O6. The van der Waals surface area contributed by atoms with Crippen LogP contribution in [0.3, 0.4) is 0 Å². The highest BCUT2D eigenvalue weighted by molar-refractivity contribution is 6.10. The summed E-state index contributed by atoms with van der Waals surface area (Å²) >= 11 is 0. The molecule has 0 radical (unpaired) electrons. The Morgan fingerprint density at radius 1 is 0.280 bits per heavy atom. The van der Waals surface area contributed by atoms with E-state index in [-0.39, 0.29) is 0 Å². The minimum absolute atomic E-state index is 0.493. The zero-order valence-corrected chi connectivity index (χ0v) is 71.2. The summed E-state index contributed by atoms with van der Waals surface area (Å²) in [5, 5.41) is 0.